The fourth-order valence-corrected chi connectivity index (χ4v) is 3.37. The van der Waals surface area contributed by atoms with E-state index in [2.05, 4.69) is 37.3 Å². The van der Waals surface area contributed by atoms with Crippen LogP contribution >= 0.6 is 15.9 Å². The topological polar surface area (TPSA) is 53.9 Å². The number of hydrogen-bond donors (Lipinski definition) is 1. The lowest BCUT2D eigenvalue weighted by Crippen LogP contribution is -2.19. The van der Waals surface area contributed by atoms with Gasteiger partial charge in [-0.25, -0.2) is 5.43 Å². The van der Waals surface area contributed by atoms with E-state index in [4.69, 9.17) is 11.2 Å². The zero-order valence-electron chi connectivity index (χ0n) is 14.8. The number of carbonyl (C=O) groups excluding carboxylic acids is 1. The van der Waals surface area contributed by atoms with E-state index in [-0.39, 0.29) is 12.5 Å². The second-order valence-electron chi connectivity index (χ2n) is 6.12. The molecule has 1 N–H and O–H groups in total. The maximum Gasteiger partial charge on any atom is 0.271 e. The quantitative estimate of drug-likeness (QED) is 0.434. The lowest BCUT2D eigenvalue weighted by atomic mass is 10.2. The summed E-state index contributed by atoms with van der Waals surface area (Å²) in [5, 5.41) is 4.02. The molecule has 1 heterocycles. The highest BCUT2D eigenvalue weighted by atomic mass is 79.9. The van der Waals surface area contributed by atoms with Gasteiger partial charge in [-0.05, 0) is 76.8 Å². The molecule has 0 spiro atoms. The second kappa shape index (κ2) is 9.24. The largest absolute Gasteiger partial charge is 0.480 e. The Labute approximate surface area is 167 Å². The summed E-state index contributed by atoms with van der Waals surface area (Å²) in [5.74, 6) is 2.84. The fourth-order valence-electron chi connectivity index (χ4n) is 2.86. The fraction of sp³-hybridized carbons (Fsp3) is 0.238. The van der Waals surface area contributed by atoms with Crippen LogP contribution in [0.15, 0.2) is 52.0 Å². The third kappa shape index (κ3) is 5.11. The van der Waals surface area contributed by atoms with Gasteiger partial charge in [0.15, 0.2) is 0 Å². The van der Waals surface area contributed by atoms with Crippen molar-refractivity contribution in [1.29, 1.82) is 0 Å². The van der Waals surface area contributed by atoms with Gasteiger partial charge < -0.3 is 9.64 Å². The minimum absolute atomic E-state index is 0.207. The lowest BCUT2D eigenvalue weighted by molar-refractivity contribution is 0.0955. The first-order valence-electron chi connectivity index (χ1n) is 8.71. The molecule has 1 aliphatic rings. The van der Waals surface area contributed by atoms with Crippen molar-refractivity contribution in [1.82, 2.24) is 5.43 Å². The molecule has 0 unspecified atom stereocenters. The molecule has 5 nitrogen and oxygen atoms in total. The van der Waals surface area contributed by atoms with Crippen molar-refractivity contribution in [3.8, 4) is 18.1 Å². The molecule has 1 amide bonds. The van der Waals surface area contributed by atoms with Gasteiger partial charge in [0.05, 0.1) is 10.7 Å². The highest BCUT2D eigenvalue weighted by Crippen LogP contribution is 2.25. The van der Waals surface area contributed by atoms with Gasteiger partial charge in [-0.1, -0.05) is 5.92 Å². The highest BCUT2D eigenvalue weighted by Gasteiger charge is 2.12. The van der Waals surface area contributed by atoms with Crippen LogP contribution in [0.25, 0.3) is 0 Å². The molecule has 1 saturated heterocycles. The Morgan fingerprint density at radius 1 is 1.26 bits per heavy atom. The molecule has 0 aliphatic carbocycles. The van der Waals surface area contributed by atoms with Crippen LogP contribution in [0.3, 0.4) is 0 Å². The summed E-state index contributed by atoms with van der Waals surface area (Å²) < 4.78 is 6.16. The average molecular weight is 426 g/mol. The van der Waals surface area contributed by atoms with Crippen molar-refractivity contribution in [2.24, 2.45) is 5.10 Å². The molecule has 6 heteroatoms. The molecule has 27 heavy (non-hydrogen) atoms. The van der Waals surface area contributed by atoms with Crippen molar-refractivity contribution in [3.63, 3.8) is 0 Å². The molecule has 1 aliphatic heterocycles. The van der Waals surface area contributed by atoms with Gasteiger partial charge in [0.1, 0.15) is 12.4 Å². The minimum atomic E-state index is -0.243. The Bertz CT molecular complexity index is 866. The SMILES string of the molecule is C#CCOc1ccc(/C=N\NC(=O)c2ccc(N3CCCC3)cc2)cc1Br. The molecule has 0 bridgehead atoms. The molecule has 0 radical (unpaired) electrons. The highest BCUT2D eigenvalue weighted by molar-refractivity contribution is 9.10. The van der Waals surface area contributed by atoms with E-state index in [0.717, 1.165) is 28.8 Å². The van der Waals surface area contributed by atoms with E-state index in [1.54, 1.807) is 12.3 Å². The Balaban J connectivity index is 1.56. The van der Waals surface area contributed by atoms with Crippen LogP contribution in [-0.2, 0) is 0 Å². The first-order chi connectivity index (χ1) is 13.2. The van der Waals surface area contributed by atoms with Crippen LogP contribution in [0.5, 0.6) is 5.75 Å². The molecule has 0 aromatic heterocycles. The van der Waals surface area contributed by atoms with Crippen molar-refractivity contribution in [2.75, 3.05) is 24.6 Å². The number of hydrogen-bond acceptors (Lipinski definition) is 4. The van der Waals surface area contributed by atoms with E-state index in [1.807, 2.05) is 36.4 Å². The maximum atomic E-state index is 12.2. The standard InChI is InChI=1S/C21H20BrN3O2/c1-2-13-27-20-10-5-16(14-19(20)22)15-23-24-21(26)17-6-8-18(9-7-17)25-11-3-4-12-25/h1,5-10,14-15H,3-4,11-13H2,(H,24,26)/b23-15-. The molecular formula is C21H20BrN3O2. The van der Waals surface area contributed by atoms with Crippen LogP contribution in [0.2, 0.25) is 0 Å². The molecular weight excluding hydrogens is 406 g/mol. The number of nitrogens with one attached hydrogen (secondary N) is 1. The second-order valence-corrected chi connectivity index (χ2v) is 6.98. The van der Waals surface area contributed by atoms with Crippen LogP contribution in [-0.4, -0.2) is 31.8 Å². The minimum Gasteiger partial charge on any atom is -0.480 e. The molecule has 138 valence electrons. The normalized spacial score (nSPS) is 13.6. The number of ether oxygens (including phenoxy) is 1. The molecule has 2 aromatic rings. The summed E-state index contributed by atoms with van der Waals surface area (Å²) in [6, 6.07) is 13.1. The predicted molar refractivity (Wildman–Crippen MR) is 111 cm³/mol. The number of amides is 1. The van der Waals surface area contributed by atoms with Gasteiger partial charge in [-0.15, -0.1) is 6.42 Å². The number of nitrogens with zero attached hydrogens (tertiary/aromatic N) is 2. The summed E-state index contributed by atoms with van der Waals surface area (Å²) in [7, 11) is 0. The number of halogens is 1. The molecule has 1 fully saturated rings. The van der Waals surface area contributed by atoms with Gasteiger partial charge in [0.2, 0.25) is 0 Å². The van der Waals surface area contributed by atoms with Crippen LogP contribution in [0.1, 0.15) is 28.8 Å². The van der Waals surface area contributed by atoms with Gasteiger partial charge >= 0.3 is 0 Å². The Hall–Kier alpha value is -2.78. The Kier molecular flexibility index (Phi) is 6.50. The van der Waals surface area contributed by atoms with Crippen molar-refractivity contribution in [3.05, 3.63) is 58.1 Å². The Morgan fingerprint density at radius 3 is 2.67 bits per heavy atom. The number of rotatable bonds is 6. The summed E-state index contributed by atoms with van der Waals surface area (Å²) in [6.45, 7) is 2.37. The maximum absolute atomic E-state index is 12.2. The molecule has 0 atom stereocenters. The zero-order valence-corrected chi connectivity index (χ0v) is 16.4. The average Bonchev–Trinajstić information content (AvgIpc) is 3.22. The third-order valence-electron chi connectivity index (χ3n) is 4.25. The number of terminal acetylenes is 1. The third-order valence-corrected chi connectivity index (χ3v) is 4.87. The number of hydrazone groups is 1. The van der Waals surface area contributed by atoms with E-state index >= 15 is 0 Å². The number of anilines is 1. The Morgan fingerprint density at radius 2 is 2.00 bits per heavy atom. The summed E-state index contributed by atoms with van der Waals surface area (Å²) in [6.07, 6.45) is 9.21. The molecule has 3 rings (SSSR count). The first-order valence-corrected chi connectivity index (χ1v) is 9.51. The van der Waals surface area contributed by atoms with E-state index in [0.29, 0.717) is 11.3 Å². The lowest BCUT2D eigenvalue weighted by Gasteiger charge is -2.17. The molecule has 2 aromatic carbocycles. The first kappa shape index (κ1) is 19.0. The predicted octanol–water partition coefficient (Wildman–Crippen LogP) is 3.83. The zero-order chi connectivity index (χ0) is 19.1. The van der Waals surface area contributed by atoms with E-state index in [1.165, 1.54) is 12.8 Å². The van der Waals surface area contributed by atoms with Gasteiger partial charge in [-0.2, -0.15) is 5.10 Å². The van der Waals surface area contributed by atoms with E-state index in [9.17, 15) is 4.79 Å². The van der Waals surface area contributed by atoms with Gasteiger partial charge in [0, 0.05) is 24.3 Å². The van der Waals surface area contributed by atoms with Crippen LogP contribution in [0.4, 0.5) is 5.69 Å². The monoisotopic (exact) mass is 425 g/mol. The van der Waals surface area contributed by atoms with Crippen molar-refractivity contribution >= 4 is 33.7 Å². The van der Waals surface area contributed by atoms with Gasteiger partial charge in [-0.3, -0.25) is 4.79 Å². The van der Waals surface area contributed by atoms with Crippen molar-refractivity contribution < 1.29 is 9.53 Å². The summed E-state index contributed by atoms with van der Waals surface area (Å²) in [5.41, 5.74) is 5.10. The number of benzene rings is 2. The summed E-state index contributed by atoms with van der Waals surface area (Å²) >= 11 is 3.42. The van der Waals surface area contributed by atoms with E-state index < -0.39 is 0 Å². The summed E-state index contributed by atoms with van der Waals surface area (Å²) in [4.78, 5) is 14.5. The van der Waals surface area contributed by atoms with Crippen LogP contribution < -0.4 is 15.1 Å². The molecule has 0 saturated carbocycles. The smallest absolute Gasteiger partial charge is 0.271 e. The van der Waals surface area contributed by atoms with Crippen LogP contribution in [0, 0.1) is 12.3 Å². The van der Waals surface area contributed by atoms with Crippen molar-refractivity contribution in [2.45, 2.75) is 12.8 Å². The van der Waals surface area contributed by atoms with Gasteiger partial charge in [0.25, 0.3) is 5.91 Å². The number of carbonyl (C=O) groups is 1.